The monoisotopic (exact) mass is 168 g/mol. The Morgan fingerprint density at radius 3 is 2.77 bits per heavy atom. The van der Waals surface area contributed by atoms with Gasteiger partial charge in [0.15, 0.2) is 0 Å². The van der Waals surface area contributed by atoms with Crippen LogP contribution < -0.4 is 0 Å². The van der Waals surface area contributed by atoms with Crippen molar-refractivity contribution < 1.29 is 0 Å². The maximum Gasteiger partial charge on any atom is 0.00113 e. The minimum atomic E-state index is 0.586. The van der Waals surface area contributed by atoms with E-state index in [2.05, 4.69) is 25.2 Å². The molecule has 0 heterocycles. The molecule has 1 fully saturated rings. The minimum Gasteiger partial charge on any atom is -0.0584 e. The van der Waals surface area contributed by atoms with Gasteiger partial charge in [-0.3, -0.25) is 0 Å². The molecule has 0 radical (unpaired) electrons. The van der Waals surface area contributed by atoms with E-state index in [1.165, 1.54) is 24.8 Å². The molecule has 0 aromatic rings. The zero-order chi connectivity index (χ0) is 8.63. The summed E-state index contributed by atoms with van der Waals surface area (Å²) in [5.74, 6) is 0. The van der Waals surface area contributed by atoms with Gasteiger partial charge < -0.3 is 0 Å². The third-order valence-corrected chi connectivity index (χ3v) is 4.01. The fourth-order valence-electron chi connectivity index (χ4n) is 3.30. The molecule has 5 aliphatic rings. The van der Waals surface area contributed by atoms with Gasteiger partial charge in [0.2, 0.25) is 0 Å². The number of rotatable bonds is 0. The van der Waals surface area contributed by atoms with Gasteiger partial charge in [-0.25, -0.2) is 0 Å². The van der Waals surface area contributed by atoms with Crippen LogP contribution in [0.3, 0.4) is 0 Å². The van der Waals surface area contributed by atoms with Gasteiger partial charge in [0.05, 0.1) is 0 Å². The van der Waals surface area contributed by atoms with Crippen LogP contribution in [0, 0.1) is 5.41 Å². The van der Waals surface area contributed by atoms with Gasteiger partial charge in [0.25, 0.3) is 0 Å². The van der Waals surface area contributed by atoms with E-state index >= 15 is 0 Å². The first-order valence-electron chi connectivity index (χ1n) is 5.11. The summed E-state index contributed by atoms with van der Waals surface area (Å²) in [5, 5.41) is 0. The van der Waals surface area contributed by atoms with E-state index in [4.69, 9.17) is 0 Å². The lowest BCUT2D eigenvalue weighted by molar-refractivity contribution is 0.279. The minimum absolute atomic E-state index is 0.586. The largest absolute Gasteiger partial charge is 0.0584 e. The maximum atomic E-state index is 2.41. The van der Waals surface area contributed by atoms with E-state index in [0.29, 0.717) is 5.41 Å². The van der Waals surface area contributed by atoms with Gasteiger partial charge in [-0.1, -0.05) is 25.2 Å². The highest BCUT2D eigenvalue weighted by Crippen LogP contribution is 2.66. The Bertz CT molecular complexity index is 454. The van der Waals surface area contributed by atoms with Gasteiger partial charge in [-0.2, -0.15) is 0 Å². The molecule has 13 heavy (non-hydrogen) atoms. The average molecular weight is 168 g/mol. The lowest BCUT2D eigenvalue weighted by Crippen LogP contribution is -2.42. The summed E-state index contributed by atoms with van der Waals surface area (Å²) in [6, 6.07) is 0. The second-order valence-electron chi connectivity index (χ2n) is 5.05. The van der Waals surface area contributed by atoms with Crippen molar-refractivity contribution in [2.45, 2.75) is 26.2 Å². The topological polar surface area (TPSA) is 0 Å². The van der Waals surface area contributed by atoms with Crippen molar-refractivity contribution in [2.75, 3.05) is 0 Å². The molecule has 1 unspecified atom stereocenters. The van der Waals surface area contributed by atoms with Crippen LogP contribution in [0.5, 0.6) is 0 Å². The highest BCUT2D eigenvalue weighted by Gasteiger charge is 2.52. The Morgan fingerprint density at radius 1 is 1.15 bits per heavy atom. The lowest BCUT2D eigenvalue weighted by Gasteiger charge is -2.56. The van der Waals surface area contributed by atoms with E-state index in [1.54, 1.807) is 22.3 Å². The Hall–Kier alpha value is -1.04. The number of hydrogen-bond acceptors (Lipinski definition) is 0. The molecule has 5 rings (SSSR count). The first-order valence-corrected chi connectivity index (χ1v) is 5.11. The van der Waals surface area contributed by atoms with E-state index < -0.39 is 0 Å². The van der Waals surface area contributed by atoms with Crippen molar-refractivity contribution in [3.63, 3.8) is 0 Å². The molecule has 0 saturated heterocycles. The number of fused-ring (bicyclic) bond motifs is 1. The first-order chi connectivity index (χ1) is 6.26. The molecule has 0 aromatic heterocycles. The molecule has 1 saturated carbocycles. The summed E-state index contributed by atoms with van der Waals surface area (Å²) in [6.07, 6.45) is 10.9. The Kier molecular flexibility index (Phi) is 0.797. The van der Waals surface area contributed by atoms with E-state index in [0.717, 1.165) is 0 Å². The second kappa shape index (κ2) is 1.61. The van der Waals surface area contributed by atoms with Gasteiger partial charge in [0, 0.05) is 5.41 Å². The zero-order valence-electron chi connectivity index (χ0n) is 7.85. The van der Waals surface area contributed by atoms with Gasteiger partial charge in [0.1, 0.15) is 0 Å². The molecule has 1 atom stereocenters. The highest BCUT2D eigenvalue weighted by molar-refractivity contribution is 5.69. The van der Waals surface area contributed by atoms with Crippen LogP contribution >= 0.6 is 0 Å². The Morgan fingerprint density at radius 2 is 2.00 bits per heavy atom. The predicted octanol–water partition coefficient (Wildman–Crippen LogP) is 3.29. The number of allylic oxidation sites excluding steroid dienone is 8. The van der Waals surface area contributed by atoms with Crippen LogP contribution in [-0.2, 0) is 0 Å². The molecule has 2 bridgehead atoms. The highest BCUT2D eigenvalue weighted by atomic mass is 14.6. The average Bonchev–Trinajstić information content (AvgIpc) is 1.97. The summed E-state index contributed by atoms with van der Waals surface area (Å²) in [5.41, 5.74) is 8.75. The van der Waals surface area contributed by atoms with Gasteiger partial charge >= 0.3 is 0 Å². The summed E-state index contributed by atoms with van der Waals surface area (Å²) in [6.45, 7) is 2.41. The van der Waals surface area contributed by atoms with Crippen LogP contribution in [0.2, 0.25) is 0 Å². The fourth-order valence-corrected chi connectivity index (χ4v) is 3.30. The summed E-state index contributed by atoms with van der Waals surface area (Å²) in [4.78, 5) is 0. The van der Waals surface area contributed by atoms with E-state index in [-0.39, 0.29) is 0 Å². The van der Waals surface area contributed by atoms with Crippen LogP contribution in [-0.4, -0.2) is 0 Å². The summed E-state index contributed by atoms with van der Waals surface area (Å²) < 4.78 is 0. The third-order valence-electron chi connectivity index (χ3n) is 4.01. The van der Waals surface area contributed by atoms with Gasteiger partial charge in [-0.05, 0) is 47.1 Å². The van der Waals surface area contributed by atoms with Crippen LogP contribution in [0.25, 0.3) is 0 Å². The van der Waals surface area contributed by atoms with Crippen LogP contribution in [0.4, 0.5) is 0 Å². The summed E-state index contributed by atoms with van der Waals surface area (Å²) >= 11 is 0. The van der Waals surface area contributed by atoms with Crippen LogP contribution in [0.15, 0.2) is 46.1 Å². The predicted molar refractivity (Wildman–Crippen MR) is 53.2 cm³/mol. The zero-order valence-corrected chi connectivity index (χ0v) is 7.85. The molecule has 0 aromatic carbocycles. The molecule has 0 N–H and O–H groups in total. The molecule has 0 amide bonds. The molecule has 0 spiro atoms. The van der Waals surface area contributed by atoms with Crippen molar-refractivity contribution >= 4 is 0 Å². The molecule has 0 aliphatic heterocycles. The third kappa shape index (κ3) is 0.551. The Balaban J connectivity index is 1.99. The lowest BCUT2D eigenvalue weighted by atomic mass is 9.48. The molecule has 64 valence electrons. The number of hydrogen-bond donors (Lipinski definition) is 0. The second-order valence-corrected chi connectivity index (χ2v) is 5.05. The van der Waals surface area contributed by atoms with Crippen molar-refractivity contribution in [3.8, 4) is 0 Å². The maximum absolute atomic E-state index is 2.41. The SMILES string of the molecule is CC12CC3=C/C=C4\C=C(C4)C(=C31)C2. The standard InChI is InChI=1S/C13H12/c1-13-6-9-3-2-8-4-10(5-8)11(7-13)12(9)13/h2-4H,5-7H2,1H3/b3-2?,8-2+,9-3?,11-10?. The molecule has 0 nitrogen and oxygen atoms in total. The van der Waals surface area contributed by atoms with Crippen molar-refractivity contribution in [3.05, 3.63) is 46.1 Å². The van der Waals surface area contributed by atoms with Crippen molar-refractivity contribution in [1.82, 2.24) is 0 Å². The molecular weight excluding hydrogens is 156 g/mol. The summed E-state index contributed by atoms with van der Waals surface area (Å²) in [7, 11) is 0. The molecule has 0 heteroatoms. The normalized spacial score (nSPS) is 42.1. The smallest absolute Gasteiger partial charge is 0.00113 e. The van der Waals surface area contributed by atoms with E-state index in [1.807, 2.05) is 0 Å². The van der Waals surface area contributed by atoms with Crippen molar-refractivity contribution in [2.24, 2.45) is 5.41 Å². The van der Waals surface area contributed by atoms with Gasteiger partial charge in [-0.15, -0.1) is 0 Å². The quantitative estimate of drug-likeness (QED) is 0.520. The van der Waals surface area contributed by atoms with Crippen molar-refractivity contribution in [1.29, 1.82) is 0 Å². The molecular formula is C13H12. The first kappa shape index (κ1) is 6.42. The Labute approximate surface area is 78.3 Å². The fraction of sp³-hybridized carbons (Fsp3) is 0.385. The van der Waals surface area contributed by atoms with E-state index in [9.17, 15) is 0 Å². The van der Waals surface area contributed by atoms with Crippen LogP contribution in [0.1, 0.15) is 26.2 Å². The molecule has 5 aliphatic carbocycles.